The van der Waals surface area contributed by atoms with Gasteiger partial charge >= 0.3 is 155 Å². The predicted molar refractivity (Wildman–Crippen MR) is 115 cm³/mol. The molecule has 1 heterocycles. The van der Waals surface area contributed by atoms with Crippen LogP contribution in [0.3, 0.4) is 0 Å². The van der Waals surface area contributed by atoms with Crippen molar-refractivity contribution in [3.63, 3.8) is 0 Å². The standard InChI is InChI=1S/C22H37NOP.BrH/c1-4-7-18-25(19-8-5-2,20-9-6-3)23(17-13-16-22(23)24)21-14-11-10-12-15-21;/h10-16,25H,4-9,17-20H2,1-3H3;1H/q+1;/p-1. The molecule has 26 heavy (non-hydrogen) atoms. The van der Waals surface area contributed by atoms with Crippen LogP contribution >= 0.6 is 7.41 Å². The molecule has 0 aromatic heterocycles. The van der Waals surface area contributed by atoms with Gasteiger partial charge in [-0.3, -0.25) is 0 Å². The quantitative estimate of drug-likeness (QED) is 0.482. The van der Waals surface area contributed by atoms with Crippen molar-refractivity contribution < 1.29 is 21.8 Å². The van der Waals surface area contributed by atoms with Crippen LogP contribution in [0.2, 0.25) is 0 Å². The summed E-state index contributed by atoms with van der Waals surface area (Å²) in [5.41, 5.74) is 1.24. The minimum atomic E-state index is -1.85. The van der Waals surface area contributed by atoms with Gasteiger partial charge < -0.3 is 17.0 Å². The molecule has 1 aromatic carbocycles. The maximum absolute atomic E-state index is 13.4. The zero-order valence-electron chi connectivity index (χ0n) is 16.8. The van der Waals surface area contributed by atoms with Gasteiger partial charge in [0.15, 0.2) is 0 Å². The normalized spacial score (nSPS) is 20.2. The van der Waals surface area contributed by atoms with Crippen LogP contribution in [0.4, 0.5) is 5.69 Å². The monoisotopic (exact) mass is 441 g/mol. The van der Waals surface area contributed by atoms with E-state index in [2.05, 4.69) is 57.2 Å². The minimum absolute atomic E-state index is 0. The summed E-state index contributed by atoms with van der Waals surface area (Å²) < 4.78 is 0.661. The van der Waals surface area contributed by atoms with Crippen molar-refractivity contribution >= 4 is 19.0 Å². The molecule has 0 fully saturated rings. The zero-order chi connectivity index (χ0) is 18.2. The number of amides is 1. The predicted octanol–water partition coefficient (Wildman–Crippen LogP) is 3.16. The second kappa shape index (κ2) is 11.4. The van der Waals surface area contributed by atoms with Gasteiger partial charge in [0, 0.05) is 0 Å². The first-order valence-electron chi connectivity index (χ1n) is 10.3. The van der Waals surface area contributed by atoms with Gasteiger partial charge in [0.2, 0.25) is 0 Å². The summed E-state index contributed by atoms with van der Waals surface area (Å²) in [5, 5.41) is 0. The van der Waals surface area contributed by atoms with Crippen LogP contribution in [0.15, 0.2) is 42.5 Å². The van der Waals surface area contributed by atoms with Crippen LogP contribution in [0.25, 0.3) is 0 Å². The Kier molecular flexibility index (Phi) is 10.3. The summed E-state index contributed by atoms with van der Waals surface area (Å²) in [7, 11) is -1.85. The van der Waals surface area contributed by atoms with E-state index in [-0.39, 0.29) is 17.0 Å². The molecule has 0 spiro atoms. The molecule has 2 rings (SSSR count). The second-order valence-corrected chi connectivity index (χ2v) is 12.3. The number of hydrogen-bond acceptors (Lipinski definition) is 1. The van der Waals surface area contributed by atoms with Gasteiger partial charge in [-0.1, -0.05) is 0 Å². The van der Waals surface area contributed by atoms with E-state index in [1.807, 2.05) is 6.08 Å². The van der Waals surface area contributed by atoms with E-state index in [0.717, 1.165) is 6.54 Å². The Morgan fingerprint density at radius 1 is 0.885 bits per heavy atom. The summed E-state index contributed by atoms with van der Waals surface area (Å²) in [6.07, 6.45) is 15.3. The molecule has 1 aliphatic heterocycles. The maximum atomic E-state index is 13.4. The molecule has 0 saturated carbocycles. The van der Waals surface area contributed by atoms with Gasteiger partial charge in [0.25, 0.3) is 0 Å². The number of halogens is 1. The molecular weight excluding hydrogens is 405 g/mol. The number of quaternary nitrogens is 1. The molecule has 2 nitrogen and oxygen atoms in total. The Hall–Kier alpha value is -0.500. The number of rotatable bonds is 11. The number of unbranched alkanes of at least 4 members (excludes halogenated alkanes) is 3. The van der Waals surface area contributed by atoms with Crippen LogP contribution in [0.5, 0.6) is 0 Å². The zero-order valence-corrected chi connectivity index (χ0v) is 19.4. The molecule has 1 atom stereocenters. The molecule has 1 amide bonds. The van der Waals surface area contributed by atoms with Gasteiger partial charge in [-0.2, -0.15) is 0 Å². The Morgan fingerprint density at radius 3 is 1.77 bits per heavy atom. The molecule has 1 aliphatic rings. The largest absolute Gasteiger partial charge is 1.00 e. The fourth-order valence-corrected chi connectivity index (χ4v) is 11.3. The van der Waals surface area contributed by atoms with E-state index >= 15 is 0 Å². The van der Waals surface area contributed by atoms with E-state index in [1.54, 1.807) is 0 Å². The van der Waals surface area contributed by atoms with Crippen LogP contribution < -0.4 is 21.2 Å². The molecule has 1 unspecified atom stereocenters. The third-order valence-electron chi connectivity index (χ3n) is 6.01. The minimum Gasteiger partial charge on any atom is -1.00 e. The number of benzene rings is 1. The molecule has 0 N–H and O–H groups in total. The van der Waals surface area contributed by atoms with Crippen molar-refractivity contribution in [3.05, 3.63) is 42.5 Å². The fraction of sp³-hybridized carbons (Fsp3) is 0.591. The first-order valence-corrected chi connectivity index (χ1v) is 12.9. The van der Waals surface area contributed by atoms with E-state index < -0.39 is 7.41 Å². The van der Waals surface area contributed by atoms with Gasteiger partial charge in [0.1, 0.15) is 0 Å². The van der Waals surface area contributed by atoms with Gasteiger partial charge in [-0.05, 0) is 0 Å². The molecule has 0 bridgehead atoms. The number of carbonyl (C=O) groups is 1. The smallest absolute Gasteiger partial charge is 1.00 e. The topological polar surface area (TPSA) is 17.1 Å². The van der Waals surface area contributed by atoms with Crippen molar-refractivity contribution in [2.45, 2.75) is 59.3 Å². The van der Waals surface area contributed by atoms with Crippen molar-refractivity contribution in [2.24, 2.45) is 0 Å². The van der Waals surface area contributed by atoms with Crippen LogP contribution in [0.1, 0.15) is 59.3 Å². The van der Waals surface area contributed by atoms with Crippen LogP contribution in [0, 0.1) is 0 Å². The van der Waals surface area contributed by atoms with E-state index in [4.69, 9.17) is 0 Å². The Labute approximate surface area is 171 Å². The molecular formula is C22H37BrNOP. The molecule has 4 heteroatoms. The molecule has 148 valence electrons. The van der Waals surface area contributed by atoms with Crippen molar-refractivity contribution in [2.75, 3.05) is 25.0 Å². The number of nitrogens with zero attached hydrogens (tertiary/aromatic N) is 1. The fourth-order valence-electron chi connectivity index (χ4n) is 4.61. The molecule has 0 aliphatic carbocycles. The van der Waals surface area contributed by atoms with E-state index in [0.29, 0.717) is 10.2 Å². The summed E-state index contributed by atoms with van der Waals surface area (Å²) >= 11 is 0. The first-order chi connectivity index (χ1) is 12.2. The number of hydrogen-bond donors (Lipinski definition) is 0. The Balaban J connectivity index is 0.00000338. The summed E-state index contributed by atoms with van der Waals surface area (Å²) in [5.74, 6) is 0.348. The van der Waals surface area contributed by atoms with Gasteiger partial charge in [-0.15, -0.1) is 0 Å². The molecule has 0 saturated heterocycles. The van der Waals surface area contributed by atoms with Crippen LogP contribution in [-0.4, -0.2) is 30.9 Å². The number of para-hydroxylation sites is 1. The third-order valence-corrected chi connectivity index (χ3v) is 12.1. The van der Waals surface area contributed by atoms with Crippen LogP contribution in [-0.2, 0) is 4.79 Å². The van der Waals surface area contributed by atoms with Gasteiger partial charge in [0.05, 0.1) is 0 Å². The average molecular weight is 442 g/mol. The second-order valence-electron chi connectivity index (χ2n) is 7.60. The maximum Gasteiger partial charge on any atom is -1.00 e. The molecule has 0 radical (unpaired) electrons. The van der Waals surface area contributed by atoms with E-state index in [1.165, 1.54) is 62.7 Å². The SMILES string of the molecule is CCCC[PH](CCCC)(CCCC)[N+]1(c2ccccc2)CC=CC1=O.[Br-]. The summed E-state index contributed by atoms with van der Waals surface area (Å²) in [6, 6.07) is 10.7. The van der Waals surface area contributed by atoms with Crippen molar-refractivity contribution in [3.8, 4) is 0 Å². The van der Waals surface area contributed by atoms with Crippen molar-refractivity contribution in [1.82, 2.24) is 4.25 Å². The number of carbonyl (C=O) groups excluding carboxylic acids is 1. The molecule has 1 aromatic rings. The van der Waals surface area contributed by atoms with Crippen molar-refractivity contribution in [1.29, 1.82) is 0 Å². The Morgan fingerprint density at radius 2 is 1.38 bits per heavy atom. The first kappa shape index (κ1) is 23.5. The van der Waals surface area contributed by atoms with Gasteiger partial charge in [-0.25, -0.2) is 0 Å². The third kappa shape index (κ3) is 4.66. The summed E-state index contributed by atoms with van der Waals surface area (Å²) in [6.45, 7) is 7.74. The summed E-state index contributed by atoms with van der Waals surface area (Å²) in [4.78, 5) is 13.4. The average Bonchev–Trinajstić information content (AvgIpc) is 3.05. The Bertz CT molecular complexity index is 553. The van der Waals surface area contributed by atoms with E-state index in [9.17, 15) is 4.79 Å².